The Morgan fingerprint density at radius 1 is 1.41 bits per heavy atom. The molecule has 2 atom stereocenters. The molecule has 0 spiro atoms. The summed E-state index contributed by atoms with van der Waals surface area (Å²) in [7, 11) is 0. The molecule has 1 aliphatic rings. The van der Waals surface area contributed by atoms with Gasteiger partial charge in [0.25, 0.3) is 0 Å². The van der Waals surface area contributed by atoms with Crippen LogP contribution < -0.4 is 0 Å². The van der Waals surface area contributed by atoms with Crippen LogP contribution in [0.3, 0.4) is 0 Å². The van der Waals surface area contributed by atoms with E-state index in [0.717, 1.165) is 24.5 Å². The molecule has 0 N–H and O–H groups in total. The lowest BCUT2D eigenvalue weighted by Crippen LogP contribution is -2.16. The number of ether oxygens (including phenoxy) is 1. The van der Waals surface area contributed by atoms with E-state index < -0.39 is 0 Å². The maximum Gasteiger partial charge on any atom is 0.0579 e. The molecule has 1 saturated heterocycles. The molecule has 0 amide bonds. The van der Waals surface area contributed by atoms with E-state index in [1.165, 1.54) is 18.4 Å². The Morgan fingerprint density at radius 2 is 2.29 bits per heavy atom. The van der Waals surface area contributed by atoms with Gasteiger partial charge >= 0.3 is 0 Å². The van der Waals surface area contributed by atoms with Crippen molar-refractivity contribution in [1.29, 1.82) is 0 Å². The van der Waals surface area contributed by atoms with E-state index >= 15 is 0 Å². The third-order valence-electron chi connectivity index (χ3n) is 3.25. The van der Waals surface area contributed by atoms with Gasteiger partial charge < -0.3 is 4.74 Å². The zero-order chi connectivity index (χ0) is 12.1. The molecule has 3 heteroatoms. The van der Waals surface area contributed by atoms with Crippen LogP contribution in [-0.4, -0.2) is 18.6 Å². The normalized spacial score (nSPS) is 21.6. The van der Waals surface area contributed by atoms with Gasteiger partial charge in [0.1, 0.15) is 0 Å². The van der Waals surface area contributed by atoms with Crippen LogP contribution in [0.2, 0.25) is 5.02 Å². The molecule has 1 fully saturated rings. The number of hydrogen-bond donors (Lipinski definition) is 0. The Labute approximate surface area is 113 Å². The summed E-state index contributed by atoms with van der Waals surface area (Å²) in [4.78, 5) is 0. The van der Waals surface area contributed by atoms with Gasteiger partial charge in [0.2, 0.25) is 0 Å². The minimum Gasteiger partial charge on any atom is -0.378 e. The predicted molar refractivity (Wildman–Crippen MR) is 73.0 cm³/mol. The molecule has 0 bridgehead atoms. The zero-order valence-corrected chi connectivity index (χ0v) is 11.4. The fourth-order valence-electron chi connectivity index (χ4n) is 2.40. The summed E-state index contributed by atoms with van der Waals surface area (Å²) in [5.74, 6) is 1.17. The highest BCUT2D eigenvalue weighted by Crippen LogP contribution is 2.24. The maximum absolute atomic E-state index is 6.05. The standard InChI is InChI=1S/C14H18Cl2O/c15-10-12(9-14-5-2-6-17-14)7-11-3-1-4-13(16)8-11/h1,3-4,8,12,14H,2,5-7,9-10H2. The fourth-order valence-corrected chi connectivity index (χ4v) is 2.85. The van der Waals surface area contributed by atoms with Crippen molar-refractivity contribution in [2.24, 2.45) is 5.92 Å². The van der Waals surface area contributed by atoms with Crippen molar-refractivity contribution in [3.05, 3.63) is 34.9 Å². The molecular weight excluding hydrogens is 255 g/mol. The van der Waals surface area contributed by atoms with Crippen molar-refractivity contribution in [3.8, 4) is 0 Å². The van der Waals surface area contributed by atoms with E-state index in [-0.39, 0.29) is 0 Å². The molecular formula is C14H18Cl2O. The molecule has 0 aromatic heterocycles. The van der Waals surface area contributed by atoms with Crippen LogP contribution in [-0.2, 0) is 11.2 Å². The van der Waals surface area contributed by atoms with Crippen LogP contribution in [0.4, 0.5) is 0 Å². The maximum atomic E-state index is 6.05. The Balaban J connectivity index is 1.90. The molecule has 0 saturated carbocycles. The van der Waals surface area contributed by atoms with Gasteiger partial charge in [0.15, 0.2) is 0 Å². The quantitative estimate of drug-likeness (QED) is 0.726. The SMILES string of the molecule is ClCC(Cc1cccc(Cl)c1)CC1CCCO1. The number of rotatable bonds is 5. The second kappa shape index (κ2) is 6.63. The second-order valence-electron chi connectivity index (χ2n) is 4.73. The first-order chi connectivity index (χ1) is 8.28. The molecule has 1 heterocycles. The lowest BCUT2D eigenvalue weighted by Gasteiger charge is -2.18. The molecule has 17 heavy (non-hydrogen) atoms. The predicted octanol–water partition coefficient (Wildman–Crippen LogP) is 4.31. The monoisotopic (exact) mass is 272 g/mol. The van der Waals surface area contributed by atoms with Crippen molar-refractivity contribution < 1.29 is 4.74 Å². The molecule has 0 aliphatic carbocycles. The van der Waals surface area contributed by atoms with Crippen LogP contribution in [0, 0.1) is 5.92 Å². The van der Waals surface area contributed by atoms with Crippen molar-refractivity contribution in [2.75, 3.05) is 12.5 Å². The minimum absolute atomic E-state index is 0.415. The Bertz CT molecular complexity index is 348. The van der Waals surface area contributed by atoms with E-state index in [1.807, 2.05) is 18.2 Å². The summed E-state index contributed by atoms with van der Waals surface area (Å²) < 4.78 is 5.66. The van der Waals surface area contributed by atoms with Gasteiger partial charge in [-0.2, -0.15) is 0 Å². The highest BCUT2D eigenvalue weighted by molar-refractivity contribution is 6.30. The molecule has 1 aromatic carbocycles. The van der Waals surface area contributed by atoms with Crippen LogP contribution in [0.5, 0.6) is 0 Å². The van der Waals surface area contributed by atoms with Crippen LogP contribution >= 0.6 is 23.2 Å². The summed E-state index contributed by atoms with van der Waals surface area (Å²) in [5.41, 5.74) is 1.26. The van der Waals surface area contributed by atoms with Crippen molar-refractivity contribution in [1.82, 2.24) is 0 Å². The molecule has 2 unspecified atom stereocenters. The average Bonchev–Trinajstić information content (AvgIpc) is 2.81. The van der Waals surface area contributed by atoms with Gasteiger partial charge in [-0.15, -0.1) is 11.6 Å². The first-order valence-corrected chi connectivity index (χ1v) is 7.11. The lowest BCUT2D eigenvalue weighted by molar-refractivity contribution is 0.0922. The van der Waals surface area contributed by atoms with Gasteiger partial charge in [-0.3, -0.25) is 0 Å². The largest absolute Gasteiger partial charge is 0.378 e. The Morgan fingerprint density at radius 3 is 2.94 bits per heavy atom. The summed E-state index contributed by atoms with van der Waals surface area (Å²) >= 11 is 12.0. The Kier molecular flexibility index (Phi) is 5.15. The molecule has 94 valence electrons. The molecule has 0 radical (unpaired) electrons. The molecule has 2 rings (SSSR count). The Hall–Kier alpha value is -0.240. The summed E-state index contributed by atoms with van der Waals surface area (Å²) in [6.07, 6.45) is 4.85. The second-order valence-corrected chi connectivity index (χ2v) is 5.47. The molecule has 1 aliphatic heterocycles. The van der Waals surface area contributed by atoms with Crippen LogP contribution in [0.15, 0.2) is 24.3 Å². The average molecular weight is 273 g/mol. The number of benzene rings is 1. The first kappa shape index (κ1) is 13.2. The van der Waals surface area contributed by atoms with Gasteiger partial charge in [-0.25, -0.2) is 0 Å². The van der Waals surface area contributed by atoms with Gasteiger partial charge in [0, 0.05) is 17.5 Å². The van der Waals surface area contributed by atoms with E-state index in [1.54, 1.807) is 0 Å². The van der Waals surface area contributed by atoms with Crippen LogP contribution in [0.25, 0.3) is 0 Å². The minimum atomic E-state index is 0.415. The fraction of sp³-hybridized carbons (Fsp3) is 0.571. The van der Waals surface area contributed by atoms with E-state index in [0.29, 0.717) is 17.9 Å². The third kappa shape index (κ3) is 4.17. The van der Waals surface area contributed by atoms with E-state index in [2.05, 4.69) is 6.07 Å². The highest BCUT2D eigenvalue weighted by Gasteiger charge is 2.20. The molecule has 1 aromatic rings. The summed E-state index contributed by atoms with van der Waals surface area (Å²) in [6.45, 7) is 0.914. The summed E-state index contributed by atoms with van der Waals surface area (Å²) in [6, 6.07) is 8.04. The van der Waals surface area contributed by atoms with Crippen LogP contribution in [0.1, 0.15) is 24.8 Å². The smallest absolute Gasteiger partial charge is 0.0579 e. The zero-order valence-electron chi connectivity index (χ0n) is 9.87. The number of hydrogen-bond acceptors (Lipinski definition) is 1. The van der Waals surface area contributed by atoms with E-state index in [4.69, 9.17) is 27.9 Å². The van der Waals surface area contributed by atoms with E-state index in [9.17, 15) is 0 Å². The highest BCUT2D eigenvalue weighted by atomic mass is 35.5. The molecule has 1 nitrogen and oxygen atoms in total. The third-order valence-corrected chi connectivity index (χ3v) is 3.92. The van der Waals surface area contributed by atoms with Gasteiger partial charge in [-0.05, 0) is 49.3 Å². The number of halogens is 2. The van der Waals surface area contributed by atoms with Crippen molar-refractivity contribution in [3.63, 3.8) is 0 Å². The van der Waals surface area contributed by atoms with Gasteiger partial charge in [-0.1, -0.05) is 23.7 Å². The van der Waals surface area contributed by atoms with Crippen molar-refractivity contribution >= 4 is 23.2 Å². The lowest BCUT2D eigenvalue weighted by atomic mass is 9.94. The topological polar surface area (TPSA) is 9.23 Å². The van der Waals surface area contributed by atoms with Gasteiger partial charge in [0.05, 0.1) is 6.10 Å². The number of alkyl halides is 1. The summed E-state index contributed by atoms with van der Waals surface area (Å²) in [5, 5.41) is 0.799. The first-order valence-electron chi connectivity index (χ1n) is 6.20. The van der Waals surface area contributed by atoms with Crippen molar-refractivity contribution in [2.45, 2.75) is 31.8 Å².